The van der Waals surface area contributed by atoms with Crippen molar-refractivity contribution in [2.45, 2.75) is 25.4 Å². The molecule has 144 valence electrons. The van der Waals surface area contributed by atoms with Gasteiger partial charge < -0.3 is 19.2 Å². The van der Waals surface area contributed by atoms with Crippen LogP contribution in [0.4, 0.5) is 0 Å². The molecule has 28 heavy (non-hydrogen) atoms. The topological polar surface area (TPSA) is 84.5 Å². The summed E-state index contributed by atoms with van der Waals surface area (Å²) < 4.78 is 6.95. The van der Waals surface area contributed by atoms with E-state index < -0.39 is 0 Å². The zero-order chi connectivity index (χ0) is 19.5. The Morgan fingerprint density at radius 1 is 1.14 bits per heavy atom. The van der Waals surface area contributed by atoms with Gasteiger partial charge in [0.25, 0.3) is 5.91 Å². The summed E-state index contributed by atoms with van der Waals surface area (Å²) in [6.07, 6.45) is 4.75. The largest absolute Gasteiger partial charge is 0.459 e. The Labute approximate surface area is 161 Å². The fourth-order valence-electron chi connectivity index (χ4n) is 3.66. The molecule has 1 aliphatic rings. The monoisotopic (exact) mass is 379 g/mol. The van der Waals surface area contributed by atoms with Crippen LogP contribution in [0.3, 0.4) is 0 Å². The minimum Gasteiger partial charge on any atom is -0.459 e. The van der Waals surface area contributed by atoms with Crippen LogP contribution in [0.15, 0.2) is 64.1 Å². The smallest absolute Gasteiger partial charge is 0.289 e. The highest BCUT2D eigenvalue weighted by atomic mass is 16.3. The van der Waals surface area contributed by atoms with E-state index in [1.807, 2.05) is 12.1 Å². The second-order valence-corrected chi connectivity index (χ2v) is 6.96. The van der Waals surface area contributed by atoms with Gasteiger partial charge in [-0.25, -0.2) is 0 Å². The molecule has 2 aromatic heterocycles. The van der Waals surface area contributed by atoms with Gasteiger partial charge in [0.1, 0.15) is 6.54 Å². The molecular formula is C21H21N3O4. The molecule has 3 aromatic rings. The van der Waals surface area contributed by atoms with Crippen LogP contribution in [0.2, 0.25) is 0 Å². The number of likely N-dealkylation sites (tertiary alicyclic amines) is 1. The number of aromatic nitrogens is 1. The van der Waals surface area contributed by atoms with Crippen LogP contribution in [0.25, 0.3) is 10.9 Å². The SMILES string of the molecule is O=C(Cn1ccc(=O)c2ccccc21)NC1CCCN(C(=O)c2ccco2)C1. The van der Waals surface area contributed by atoms with Crippen molar-refractivity contribution in [2.24, 2.45) is 0 Å². The Balaban J connectivity index is 1.42. The van der Waals surface area contributed by atoms with Crippen molar-refractivity contribution in [3.8, 4) is 0 Å². The normalized spacial score (nSPS) is 16.9. The zero-order valence-corrected chi connectivity index (χ0v) is 15.3. The quantitative estimate of drug-likeness (QED) is 0.752. The Bertz CT molecular complexity index is 1050. The second-order valence-electron chi connectivity index (χ2n) is 6.96. The molecule has 1 saturated heterocycles. The van der Waals surface area contributed by atoms with Crippen molar-refractivity contribution >= 4 is 22.7 Å². The third-order valence-corrected chi connectivity index (χ3v) is 5.00. The zero-order valence-electron chi connectivity index (χ0n) is 15.3. The molecule has 0 spiro atoms. The number of piperidine rings is 1. The van der Waals surface area contributed by atoms with E-state index >= 15 is 0 Å². The van der Waals surface area contributed by atoms with Crippen LogP contribution in [-0.2, 0) is 11.3 Å². The summed E-state index contributed by atoms with van der Waals surface area (Å²) in [7, 11) is 0. The number of hydrogen-bond acceptors (Lipinski definition) is 4. The van der Waals surface area contributed by atoms with Crippen molar-refractivity contribution in [1.29, 1.82) is 0 Å². The molecule has 0 bridgehead atoms. The molecule has 4 rings (SSSR count). The highest BCUT2D eigenvalue weighted by Gasteiger charge is 2.26. The third-order valence-electron chi connectivity index (χ3n) is 5.00. The number of fused-ring (bicyclic) bond motifs is 1. The van der Waals surface area contributed by atoms with Crippen molar-refractivity contribution in [3.05, 3.63) is 70.9 Å². The summed E-state index contributed by atoms with van der Waals surface area (Å²) in [5.74, 6) is 0.00755. The van der Waals surface area contributed by atoms with Gasteiger partial charge in [-0.15, -0.1) is 0 Å². The van der Waals surface area contributed by atoms with E-state index in [2.05, 4.69) is 5.32 Å². The van der Waals surface area contributed by atoms with Crippen molar-refractivity contribution in [2.75, 3.05) is 13.1 Å². The molecule has 3 heterocycles. The highest BCUT2D eigenvalue weighted by molar-refractivity contribution is 5.91. The maximum atomic E-state index is 12.6. The Morgan fingerprint density at radius 2 is 2.00 bits per heavy atom. The van der Waals surface area contributed by atoms with Gasteiger partial charge in [0.2, 0.25) is 5.91 Å². The third kappa shape index (κ3) is 3.69. The van der Waals surface area contributed by atoms with Gasteiger partial charge in [0, 0.05) is 36.8 Å². The van der Waals surface area contributed by atoms with Crippen LogP contribution in [-0.4, -0.2) is 40.4 Å². The first kappa shape index (κ1) is 18.0. The number of benzene rings is 1. The molecule has 0 saturated carbocycles. The molecule has 1 aliphatic heterocycles. The fraction of sp³-hybridized carbons (Fsp3) is 0.286. The van der Waals surface area contributed by atoms with Gasteiger partial charge in [-0.1, -0.05) is 12.1 Å². The van der Waals surface area contributed by atoms with Crippen molar-refractivity contribution in [1.82, 2.24) is 14.8 Å². The molecular weight excluding hydrogens is 358 g/mol. The lowest BCUT2D eigenvalue weighted by Crippen LogP contribution is -2.50. The van der Waals surface area contributed by atoms with Crippen LogP contribution in [0.1, 0.15) is 23.4 Å². The Hall–Kier alpha value is -3.35. The van der Waals surface area contributed by atoms with Crippen molar-refractivity contribution in [3.63, 3.8) is 0 Å². The predicted molar refractivity (Wildman–Crippen MR) is 104 cm³/mol. The summed E-state index contributed by atoms with van der Waals surface area (Å²) >= 11 is 0. The first-order valence-electron chi connectivity index (χ1n) is 9.32. The summed E-state index contributed by atoms with van der Waals surface area (Å²) in [5.41, 5.74) is 0.662. The minimum absolute atomic E-state index is 0.0633. The van der Waals surface area contributed by atoms with Gasteiger partial charge >= 0.3 is 0 Å². The number of pyridine rings is 1. The molecule has 1 atom stereocenters. The predicted octanol–water partition coefficient (Wildman–Crippen LogP) is 2.02. The molecule has 1 N–H and O–H groups in total. The van der Waals surface area contributed by atoms with Gasteiger partial charge in [0.15, 0.2) is 11.2 Å². The number of furan rings is 1. The minimum atomic E-state index is -0.157. The van der Waals surface area contributed by atoms with Crippen LogP contribution >= 0.6 is 0 Å². The number of rotatable bonds is 4. The highest BCUT2D eigenvalue weighted by Crippen LogP contribution is 2.15. The number of para-hydroxylation sites is 1. The van der Waals surface area contributed by atoms with Crippen molar-refractivity contribution < 1.29 is 14.0 Å². The molecule has 7 nitrogen and oxygen atoms in total. The molecule has 7 heteroatoms. The summed E-state index contributed by atoms with van der Waals surface area (Å²) in [5, 5.41) is 3.60. The van der Waals surface area contributed by atoms with E-state index in [0.29, 0.717) is 24.2 Å². The maximum absolute atomic E-state index is 12.6. The van der Waals surface area contributed by atoms with E-state index in [0.717, 1.165) is 18.4 Å². The van der Waals surface area contributed by atoms with Crippen LogP contribution in [0.5, 0.6) is 0 Å². The number of carbonyl (C=O) groups excluding carboxylic acids is 2. The van der Waals surface area contributed by atoms with Gasteiger partial charge in [-0.05, 0) is 37.1 Å². The summed E-state index contributed by atoms with van der Waals surface area (Å²) in [6, 6.07) is 11.9. The van der Waals surface area contributed by atoms with E-state index in [9.17, 15) is 14.4 Å². The van der Waals surface area contributed by atoms with Gasteiger partial charge in [-0.3, -0.25) is 14.4 Å². The number of amides is 2. The van der Waals surface area contributed by atoms with Gasteiger partial charge in [0.05, 0.1) is 11.8 Å². The molecule has 0 aliphatic carbocycles. The standard InChI is InChI=1S/C21H21N3O4/c25-18-9-11-23(17-7-2-1-6-16(17)18)14-20(26)22-15-5-3-10-24(13-15)21(27)19-8-4-12-28-19/h1-2,4,6-9,11-12,15H,3,5,10,13-14H2,(H,22,26). The number of hydrogen-bond donors (Lipinski definition) is 1. The molecule has 1 fully saturated rings. The Kier molecular flexibility index (Phi) is 4.97. The van der Waals surface area contributed by atoms with Crippen LogP contribution in [0, 0.1) is 0 Å². The van der Waals surface area contributed by atoms with Crippen LogP contribution < -0.4 is 10.7 Å². The summed E-state index contributed by atoms with van der Waals surface area (Å²) in [6.45, 7) is 1.22. The van der Waals surface area contributed by atoms with E-state index in [4.69, 9.17) is 4.42 Å². The number of carbonyl (C=O) groups is 2. The molecule has 2 amide bonds. The summed E-state index contributed by atoms with van der Waals surface area (Å²) in [4.78, 5) is 38.7. The van der Waals surface area contributed by atoms with Gasteiger partial charge in [-0.2, -0.15) is 0 Å². The fourth-order valence-corrected chi connectivity index (χ4v) is 3.66. The maximum Gasteiger partial charge on any atom is 0.289 e. The van der Waals surface area contributed by atoms with E-state index in [1.165, 1.54) is 12.3 Å². The Morgan fingerprint density at radius 3 is 2.82 bits per heavy atom. The molecule has 0 radical (unpaired) electrons. The number of nitrogens with zero attached hydrogens (tertiary/aromatic N) is 2. The lowest BCUT2D eigenvalue weighted by Gasteiger charge is -2.32. The molecule has 1 unspecified atom stereocenters. The first-order valence-corrected chi connectivity index (χ1v) is 9.32. The number of nitrogens with one attached hydrogen (secondary N) is 1. The van der Waals surface area contributed by atoms with E-state index in [1.54, 1.807) is 39.9 Å². The lowest BCUT2D eigenvalue weighted by atomic mass is 10.1. The molecule has 1 aromatic carbocycles. The first-order chi connectivity index (χ1) is 13.6. The average Bonchev–Trinajstić information content (AvgIpc) is 3.25. The van der Waals surface area contributed by atoms with E-state index in [-0.39, 0.29) is 29.8 Å². The lowest BCUT2D eigenvalue weighted by molar-refractivity contribution is -0.122. The second kappa shape index (κ2) is 7.72. The average molecular weight is 379 g/mol.